The van der Waals surface area contributed by atoms with Gasteiger partial charge in [0.2, 0.25) is 0 Å². The minimum Gasteiger partial charge on any atom is -0.478 e. The number of hydrogen-bond donors (Lipinski definition) is 1. The molecule has 0 radical (unpaired) electrons. The topological polar surface area (TPSA) is 75.4 Å². The Balaban J connectivity index is 1.64. The number of rotatable bonds is 3. The van der Waals surface area contributed by atoms with E-state index in [0.29, 0.717) is 18.7 Å². The number of nitrogens with zero attached hydrogens (tertiary/aromatic N) is 3. The number of likely N-dealkylation sites (tertiary alicyclic amines) is 1. The fourth-order valence-electron chi connectivity index (χ4n) is 2.94. The predicted molar refractivity (Wildman–Crippen MR) is 92.2 cm³/mol. The molecule has 0 spiro atoms. The first-order valence-corrected chi connectivity index (χ1v) is 8.58. The van der Waals surface area contributed by atoms with E-state index in [4.69, 9.17) is 5.11 Å². The van der Waals surface area contributed by atoms with Crippen LogP contribution in [-0.4, -0.2) is 44.8 Å². The maximum Gasteiger partial charge on any atom is 0.338 e. The van der Waals surface area contributed by atoms with Crippen LogP contribution in [0.15, 0.2) is 35.1 Å². The Bertz CT molecular complexity index is 779. The van der Waals surface area contributed by atoms with E-state index in [0.717, 1.165) is 22.9 Å². The first-order chi connectivity index (χ1) is 11.5. The molecule has 2 heterocycles. The average molecular weight is 392 g/mol. The molecular formula is C17H18BrN3O3. The molecule has 0 unspecified atom stereocenters. The van der Waals surface area contributed by atoms with Crippen LogP contribution in [0.2, 0.25) is 0 Å². The van der Waals surface area contributed by atoms with Gasteiger partial charge in [-0.1, -0.05) is 15.9 Å². The first-order valence-electron chi connectivity index (χ1n) is 7.78. The van der Waals surface area contributed by atoms with E-state index >= 15 is 0 Å². The molecule has 2 aromatic rings. The molecule has 1 aromatic carbocycles. The molecule has 1 aliphatic rings. The number of amides is 1. The number of aromatic carboxylic acids is 1. The summed E-state index contributed by atoms with van der Waals surface area (Å²) in [6.07, 6.45) is 4.46. The third-order valence-electron chi connectivity index (χ3n) is 4.38. The van der Waals surface area contributed by atoms with Gasteiger partial charge >= 0.3 is 5.97 Å². The standard InChI is InChI=1S/C17H18BrN3O3/c1-11-8-12(2-3-15(11)18)16(22)20-6-4-14(5-7-20)21-10-13(9-19-21)17(23)24/h2-3,8-10,14H,4-7H2,1H3,(H,23,24). The second-order valence-corrected chi connectivity index (χ2v) is 6.86. The van der Waals surface area contributed by atoms with Crippen molar-refractivity contribution in [1.82, 2.24) is 14.7 Å². The van der Waals surface area contributed by atoms with Gasteiger partial charge < -0.3 is 10.0 Å². The molecule has 1 N–H and O–H groups in total. The third-order valence-corrected chi connectivity index (χ3v) is 5.27. The Morgan fingerprint density at radius 1 is 1.25 bits per heavy atom. The SMILES string of the molecule is Cc1cc(C(=O)N2CCC(n3cc(C(=O)O)cn3)CC2)ccc1Br. The summed E-state index contributed by atoms with van der Waals surface area (Å²) in [5, 5.41) is 13.1. The summed E-state index contributed by atoms with van der Waals surface area (Å²) < 4.78 is 2.69. The van der Waals surface area contributed by atoms with Crippen molar-refractivity contribution in [3.8, 4) is 0 Å². The molecule has 1 amide bonds. The summed E-state index contributed by atoms with van der Waals surface area (Å²) in [4.78, 5) is 25.4. The summed E-state index contributed by atoms with van der Waals surface area (Å²) in [6.45, 7) is 3.24. The maximum atomic E-state index is 12.6. The lowest BCUT2D eigenvalue weighted by Crippen LogP contribution is -2.39. The highest BCUT2D eigenvalue weighted by Crippen LogP contribution is 2.24. The van der Waals surface area contributed by atoms with Crippen molar-refractivity contribution >= 4 is 27.8 Å². The minimum absolute atomic E-state index is 0.0377. The van der Waals surface area contributed by atoms with Crippen LogP contribution in [0.5, 0.6) is 0 Å². The van der Waals surface area contributed by atoms with Crippen molar-refractivity contribution < 1.29 is 14.7 Å². The van der Waals surface area contributed by atoms with Crippen molar-refractivity contribution in [2.24, 2.45) is 0 Å². The van der Waals surface area contributed by atoms with Crippen molar-refractivity contribution in [2.75, 3.05) is 13.1 Å². The summed E-state index contributed by atoms with van der Waals surface area (Å²) >= 11 is 3.44. The summed E-state index contributed by atoms with van der Waals surface area (Å²) in [6, 6.07) is 5.75. The lowest BCUT2D eigenvalue weighted by molar-refractivity contribution is 0.0688. The lowest BCUT2D eigenvalue weighted by atomic mass is 10.0. The molecular weight excluding hydrogens is 374 g/mol. The Hall–Kier alpha value is -2.15. The number of carbonyl (C=O) groups excluding carboxylic acids is 1. The number of carboxylic acids is 1. The van der Waals surface area contributed by atoms with Gasteiger partial charge in [-0.25, -0.2) is 4.79 Å². The van der Waals surface area contributed by atoms with E-state index in [9.17, 15) is 9.59 Å². The van der Waals surface area contributed by atoms with Crippen molar-refractivity contribution in [3.63, 3.8) is 0 Å². The van der Waals surface area contributed by atoms with Gasteiger partial charge in [0.15, 0.2) is 0 Å². The van der Waals surface area contributed by atoms with Gasteiger partial charge in [0.05, 0.1) is 17.8 Å². The zero-order chi connectivity index (χ0) is 17.3. The van der Waals surface area contributed by atoms with Crippen molar-refractivity contribution in [2.45, 2.75) is 25.8 Å². The van der Waals surface area contributed by atoms with Crippen molar-refractivity contribution in [3.05, 3.63) is 51.8 Å². The Labute approximate surface area is 148 Å². The van der Waals surface area contributed by atoms with Crippen molar-refractivity contribution in [1.29, 1.82) is 0 Å². The number of aryl methyl sites for hydroxylation is 1. The van der Waals surface area contributed by atoms with Gasteiger partial charge in [-0.05, 0) is 43.5 Å². The molecule has 7 heteroatoms. The van der Waals surface area contributed by atoms with E-state index in [2.05, 4.69) is 21.0 Å². The molecule has 24 heavy (non-hydrogen) atoms. The highest BCUT2D eigenvalue weighted by molar-refractivity contribution is 9.10. The second kappa shape index (κ2) is 6.76. The number of carboxylic acid groups (broad SMARTS) is 1. The normalized spacial score (nSPS) is 15.5. The van der Waals surface area contributed by atoms with Crippen LogP contribution in [0.3, 0.4) is 0 Å². The van der Waals surface area contributed by atoms with Gasteiger partial charge in [0, 0.05) is 29.3 Å². The summed E-state index contributed by atoms with van der Waals surface area (Å²) in [7, 11) is 0. The van der Waals surface area contributed by atoms with E-state index in [1.54, 1.807) is 10.9 Å². The van der Waals surface area contributed by atoms with Crippen LogP contribution in [0, 0.1) is 6.92 Å². The van der Waals surface area contributed by atoms with E-state index in [1.807, 2.05) is 30.0 Å². The molecule has 0 atom stereocenters. The number of hydrogen-bond acceptors (Lipinski definition) is 3. The summed E-state index contributed by atoms with van der Waals surface area (Å²) in [5.74, 6) is -0.935. The van der Waals surface area contributed by atoms with Gasteiger partial charge in [-0.3, -0.25) is 9.48 Å². The van der Waals surface area contributed by atoms with Gasteiger partial charge in [-0.2, -0.15) is 5.10 Å². The number of aromatic nitrogens is 2. The quantitative estimate of drug-likeness (QED) is 0.871. The monoisotopic (exact) mass is 391 g/mol. The fourth-order valence-corrected chi connectivity index (χ4v) is 3.19. The van der Waals surface area contributed by atoms with Crippen LogP contribution in [0.1, 0.15) is 45.2 Å². The Morgan fingerprint density at radius 3 is 2.54 bits per heavy atom. The van der Waals surface area contributed by atoms with E-state index in [-0.39, 0.29) is 17.5 Å². The van der Waals surface area contributed by atoms with Crippen LogP contribution < -0.4 is 0 Å². The first kappa shape index (κ1) is 16.7. The Kier molecular flexibility index (Phi) is 4.71. The summed E-state index contributed by atoms with van der Waals surface area (Å²) in [5.41, 5.74) is 1.92. The number of halogens is 1. The fraction of sp³-hybridized carbons (Fsp3) is 0.353. The second-order valence-electron chi connectivity index (χ2n) is 6.00. The molecule has 1 aliphatic heterocycles. The molecule has 0 aliphatic carbocycles. The van der Waals surface area contributed by atoms with Gasteiger partial charge in [0.25, 0.3) is 5.91 Å². The average Bonchev–Trinajstić information content (AvgIpc) is 3.07. The number of carbonyl (C=O) groups is 2. The zero-order valence-electron chi connectivity index (χ0n) is 13.3. The molecule has 1 saturated heterocycles. The Morgan fingerprint density at radius 2 is 1.96 bits per heavy atom. The molecule has 1 aromatic heterocycles. The van der Waals surface area contributed by atoms with Crippen LogP contribution >= 0.6 is 15.9 Å². The molecule has 3 rings (SSSR count). The smallest absolute Gasteiger partial charge is 0.338 e. The highest BCUT2D eigenvalue weighted by Gasteiger charge is 2.25. The predicted octanol–water partition coefficient (Wildman–Crippen LogP) is 3.13. The van der Waals surface area contributed by atoms with Crippen LogP contribution in [0.25, 0.3) is 0 Å². The van der Waals surface area contributed by atoms with Gasteiger partial charge in [0.1, 0.15) is 0 Å². The lowest BCUT2D eigenvalue weighted by Gasteiger charge is -2.32. The van der Waals surface area contributed by atoms with Crippen LogP contribution in [0.4, 0.5) is 0 Å². The molecule has 1 fully saturated rings. The highest BCUT2D eigenvalue weighted by atomic mass is 79.9. The number of piperidine rings is 1. The van der Waals surface area contributed by atoms with E-state index < -0.39 is 5.97 Å². The molecule has 0 saturated carbocycles. The zero-order valence-corrected chi connectivity index (χ0v) is 14.9. The molecule has 126 valence electrons. The van der Waals surface area contributed by atoms with Crippen LogP contribution in [-0.2, 0) is 0 Å². The largest absolute Gasteiger partial charge is 0.478 e. The minimum atomic E-state index is -0.973. The third kappa shape index (κ3) is 3.36. The molecule has 0 bridgehead atoms. The van der Waals surface area contributed by atoms with E-state index in [1.165, 1.54) is 6.20 Å². The number of benzene rings is 1. The molecule has 6 nitrogen and oxygen atoms in total. The van der Waals surface area contributed by atoms with Gasteiger partial charge in [-0.15, -0.1) is 0 Å². The maximum absolute atomic E-state index is 12.6.